The van der Waals surface area contributed by atoms with Gasteiger partial charge in [-0.15, -0.1) is 0 Å². The van der Waals surface area contributed by atoms with Gasteiger partial charge in [0.1, 0.15) is 6.10 Å². The maximum absolute atomic E-state index is 9.21. The molecule has 12 heavy (non-hydrogen) atoms. The number of aliphatic hydroxyl groups excluding tert-OH is 1. The fourth-order valence-corrected chi connectivity index (χ4v) is 1.41. The third-order valence-corrected chi connectivity index (χ3v) is 2.25. The second kappa shape index (κ2) is 4.13. The molecule has 0 radical (unpaired) electrons. The number of hydrogen-bond acceptors (Lipinski definition) is 3. The summed E-state index contributed by atoms with van der Waals surface area (Å²) in [5.74, 6) is 1.06. The molecule has 2 atom stereocenters. The van der Waals surface area contributed by atoms with Crippen molar-refractivity contribution in [1.29, 1.82) is 5.26 Å². The van der Waals surface area contributed by atoms with Gasteiger partial charge in [-0.2, -0.15) is 5.26 Å². The molecule has 0 aromatic rings. The van der Waals surface area contributed by atoms with Gasteiger partial charge < -0.3 is 9.84 Å². The largest absolute Gasteiger partial charge is 0.501 e. The molecule has 0 fully saturated rings. The van der Waals surface area contributed by atoms with Gasteiger partial charge >= 0.3 is 0 Å². The van der Waals surface area contributed by atoms with Crippen LogP contribution in [0.15, 0.2) is 11.8 Å². The highest BCUT2D eigenvalue weighted by Crippen LogP contribution is 2.25. The normalized spacial score (nSPS) is 25.4. The summed E-state index contributed by atoms with van der Waals surface area (Å²) in [4.78, 5) is 0. The number of aliphatic hydroxyl groups is 1. The van der Waals surface area contributed by atoms with Crippen LogP contribution < -0.4 is 0 Å². The summed E-state index contributed by atoms with van der Waals surface area (Å²) < 4.78 is 5.05. The third kappa shape index (κ3) is 1.99. The first-order chi connectivity index (χ1) is 5.77. The Hall–Kier alpha value is -1.01. The van der Waals surface area contributed by atoms with Gasteiger partial charge in [0, 0.05) is 12.3 Å². The molecule has 66 valence electrons. The minimum atomic E-state index is -0.820. The molecule has 0 aromatic carbocycles. The predicted molar refractivity (Wildman–Crippen MR) is 44.1 cm³/mol. The van der Waals surface area contributed by atoms with Crippen molar-refractivity contribution in [1.82, 2.24) is 0 Å². The SMILES string of the molecule is COC1=CC[C@H]([C@H](O)C#N)CC1. The first-order valence-electron chi connectivity index (χ1n) is 4.08. The lowest BCUT2D eigenvalue weighted by molar-refractivity contribution is 0.141. The zero-order chi connectivity index (χ0) is 8.97. The smallest absolute Gasteiger partial charge is 0.143 e. The molecular formula is C9H13NO2. The number of methoxy groups -OCH3 is 1. The van der Waals surface area contributed by atoms with Crippen LogP contribution in [0.25, 0.3) is 0 Å². The Morgan fingerprint density at radius 3 is 3.00 bits per heavy atom. The molecule has 0 saturated heterocycles. The Kier molecular flexibility index (Phi) is 3.12. The van der Waals surface area contributed by atoms with E-state index in [0.29, 0.717) is 0 Å². The molecular weight excluding hydrogens is 154 g/mol. The third-order valence-electron chi connectivity index (χ3n) is 2.25. The van der Waals surface area contributed by atoms with Gasteiger partial charge in [0.2, 0.25) is 0 Å². The fraction of sp³-hybridized carbons (Fsp3) is 0.667. The second-order valence-electron chi connectivity index (χ2n) is 2.98. The van der Waals surface area contributed by atoms with E-state index in [9.17, 15) is 5.11 Å². The van der Waals surface area contributed by atoms with E-state index in [1.807, 2.05) is 12.1 Å². The van der Waals surface area contributed by atoms with Gasteiger partial charge in [-0.25, -0.2) is 0 Å². The molecule has 0 spiro atoms. The maximum atomic E-state index is 9.21. The van der Waals surface area contributed by atoms with Crippen LogP contribution in [0.2, 0.25) is 0 Å². The Labute approximate surface area is 72.3 Å². The number of nitriles is 1. The highest BCUT2D eigenvalue weighted by Gasteiger charge is 2.21. The summed E-state index contributed by atoms with van der Waals surface area (Å²) in [5.41, 5.74) is 0. The van der Waals surface area contributed by atoms with Gasteiger partial charge in [-0.3, -0.25) is 0 Å². The monoisotopic (exact) mass is 167 g/mol. The van der Waals surface area contributed by atoms with Gasteiger partial charge in [0.05, 0.1) is 18.9 Å². The van der Waals surface area contributed by atoms with E-state index in [4.69, 9.17) is 10.00 Å². The van der Waals surface area contributed by atoms with Gasteiger partial charge in [-0.1, -0.05) is 0 Å². The van der Waals surface area contributed by atoms with Crippen molar-refractivity contribution < 1.29 is 9.84 Å². The van der Waals surface area contributed by atoms with Crippen LogP contribution in [0.4, 0.5) is 0 Å². The summed E-state index contributed by atoms with van der Waals surface area (Å²) in [6, 6.07) is 1.85. The van der Waals surface area contributed by atoms with E-state index < -0.39 is 6.10 Å². The average Bonchev–Trinajstić information content (AvgIpc) is 2.17. The van der Waals surface area contributed by atoms with Crippen molar-refractivity contribution in [3.8, 4) is 6.07 Å². The number of hydrogen-bond donors (Lipinski definition) is 1. The van der Waals surface area contributed by atoms with Gasteiger partial charge in [-0.05, 0) is 18.9 Å². The molecule has 0 aliphatic heterocycles. The van der Waals surface area contributed by atoms with Crippen LogP contribution >= 0.6 is 0 Å². The minimum Gasteiger partial charge on any atom is -0.501 e. The summed E-state index contributed by atoms with van der Waals surface area (Å²) in [6.45, 7) is 0. The Balaban J connectivity index is 2.47. The van der Waals surface area contributed by atoms with Crippen LogP contribution in [0.5, 0.6) is 0 Å². The molecule has 1 aliphatic carbocycles. The van der Waals surface area contributed by atoms with E-state index >= 15 is 0 Å². The van der Waals surface area contributed by atoms with E-state index in [0.717, 1.165) is 25.0 Å². The van der Waals surface area contributed by atoms with Gasteiger partial charge in [0.25, 0.3) is 0 Å². The molecule has 3 nitrogen and oxygen atoms in total. The molecule has 0 bridgehead atoms. The van der Waals surface area contributed by atoms with Crippen molar-refractivity contribution in [2.75, 3.05) is 7.11 Å². The quantitative estimate of drug-likeness (QED) is 0.629. The predicted octanol–water partition coefficient (Wildman–Crippen LogP) is 1.20. The van der Waals surface area contributed by atoms with Gasteiger partial charge in [0.15, 0.2) is 0 Å². The van der Waals surface area contributed by atoms with Crippen molar-refractivity contribution >= 4 is 0 Å². The lowest BCUT2D eigenvalue weighted by Crippen LogP contribution is -2.20. The zero-order valence-corrected chi connectivity index (χ0v) is 7.16. The number of ether oxygens (including phenoxy) is 1. The molecule has 0 aromatic heterocycles. The van der Waals surface area contributed by atoms with E-state index in [2.05, 4.69) is 0 Å². The summed E-state index contributed by atoms with van der Waals surface area (Å²) in [7, 11) is 1.65. The standard InChI is InChI=1S/C9H13NO2/c1-12-8-4-2-7(3-5-8)9(11)6-10/h4,7,9,11H,2-3,5H2,1H3/t7-,9+/m0/s1. The lowest BCUT2D eigenvalue weighted by atomic mass is 9.89. The topological polar surface area (TPSA) is 53.2 Å². The van der Waals surface area contributed by atoms with E-state index in [-0.39, 0.29) is 5.92 Å². The molecule has 3 heteroatoms. The summed E-state index contributed by atoms with van der Waals surface area (Å²) in [6.07, 6.45) is 3.56. The highest BCUT2D eigenvalue weighted by molar-refractivity contribution is 5.03. The number of nitrogens with zero attached hydrogens (tertiary/aromatic N) is 1. The summed E-state index contributed by atoms with van der Waals surface area (Å²) in [5, 5.41) is 17.7. The van der Waals surface area contributed by atoms with Crippen LogP contribution in [0.1, 0.15) is 19.3 Å². The lowest BCUT2D eigenvalue weighted by Gasteiger charge is -2.21. The second-order valence-corrected chi connectivity index (χ2v) is 2.98. The molecule has 1 N–H and O–H groups in total. The van der Waals surface area contributed by atoms with Crippen LogP contribution in [0.3, 0.4) is 0 Å². The van der Waals surface area contributed by atoms with Crippen LogP contribution in [0, 0.1) is 17.2 Å². The Morgan fingerprint density at radius 1 is 1.83 bits per heavy atom. The average molecular weight is 167 g/mol. The summed E-state index contributed by atoms with van der Waals surface area (Å²) >= 11 is 0. The van der Waals surface area contributed by atoms with Crippen LogP contribution in [-0.2, 0) is 4.74 Å². The molecule has 0 saturated carbocycles. The zero-order valence-electron chi connectivity index (χ0n) is 7.16. The van der Waals surface area contributed by atoms with Crippen molar-refractivity contribution in [2.24, 2.45) is 5.92 Å². The van der Waals surface area contributed by atoms with E-state index in [1.165, 1.54) is 0 Å². The molecule has 0 heterocycles. The fourth-order valence-electron chi connectivity index (χ4n) is 1.41. The number of allylic oxidation sites excluding steroid dienone is 2. The van der Waals surface area contributed by atoms with Crippen molar-refractivity contribution in [3.63, 3.8) is 0 Å². The molecule has 1 rings (SSSR count). The first kappa shape index (κ1) is 9.08. The molecule has 1 aliphatic rings. The van der Waals surface area contributed by atoms with Crippen molar-refractivity contribution in [3.05, 3.63) is 11.8 Å². The van der Waals surface area contributed by atoms with Crippen molar-refractivity contribution in [2.45, 2.75) is 25.4 Å². The Bertz CT molecular complexity index is 217. The van der Waals surface area contributed by atoms with Crippen LogP contribution in [-0.4, -0.2) is 18.3 Å². The van der Waals surface area contributed by atoms with E-state index in [1.54, 1.807) is 7.11 Å². The first-order valence-corrected chi connectivity index (χ1v) is 4.08. The Morgan fingerprint density at radius 2 is 2.58 bits per heavy atom. The molecule has 0 unspecified atom stereocenters. The highest BCUT2D eigenvalue weighted by atomic mass is 16.5. The minimum absolute atomic E-state index is 0.0916. The molecule has 0 amide bonds. The maximum Gasteiger partial charge on any atom is 0.143 e. The number of rotatable bonds is 2.